The van der Waals surface area contributed by atoms with Crippen molar-refractivity contribution < 1.29 is 19.7 Å². The molecule has 2 atom stereocenters. The lowest BCUT2D eigenvalue weighted by atomic mass is 9.93. The van der Waals surface area contributed by atoms with E-state index in [1.54, 1.807) is 23.7 Å². The van der Waals surface area contributed by atoms with Gasteiger partial charge >= 0.3 is 6.16 Å². The molecule has 9 nitrogen and oxygen atoms in total. The fourth-order valence-electron chi connectivity index (χ4n) is 3.97. The van der Waals surface area contributed by atoms with Crippen molar-refractivity contribution in [2.75, 3.05) is 5.32 Å². The molecule has 31 heavy (non-hydrogen) atoms. The Balaban J connectivity index is 1.35. The third-order valence-electron chi connectivity index (χ3n) is 5.48. The molecule has 3 aromatic heterocycles. The molecule has 3 N–H and O–H groups in total. The Morgan fingerprint density at radius 1 is 1.23 bits per heavy atom. The van der Waals surface area contributed by atoms with Gasteiger partial charge in [0.25, 0.3) is 0 Å². The standard InChI is InChI=1S/C21H21N5O4S/c27-17-4-2-1-3-14(17)24-20-25-15-6-5-12(7-18(15)31-20)10-26-11-23-16-8-13(30-21(28)29)9-22-19(16)26/h5-9,11,14,17,27H,1-4,10H2,(H,24,25)(H,28,29). The van der Waals surface area contributed by atoms with E-state index in [4.69, 9.17) is 5.11 Å². The molecule has 10 heteroatoms. The smallest absolute Gasteiger partial charge is 0.449 e. The minimum Gasteiger partial charge on any atom is -0.449 e. The van der Waals surface area contributed by atoms with Crippen LogP contribution in [0.1, 0.15) is 31.2 Å². The maximum atomic E-state index is 10.7. The Morgan fingerprint density at radius 2 is 2.10 bits per heavy atom. The summed E-state index contributed by atoms with van der Waals surface area (Å²) in [5.41, 5.74) is 3.21. The number of hydrogen-bond acceptors (Lipinski definition) is 8. The summed E-state index contributed by atoms with van der Waals surface area (Å²) in [4.78, 5) is 24.0. The molecule has 2 unspecified atom stereocenters. The first kappa shape index (κ1) is 19.7. The van der Waals surface area contributed by atoms with Gasteiger partial charge in [-0.3, -0.25) is 0 Å². The molecular weight excluding hydrogens is 418 g/mol. The van der Waals surface area contributed by atoms with E-state index in [-0.39, 0.29) is 17.9 Å². The first-order valence-corrected chi connectivity index (χ1v) is 10.9. The monoisotopic (exact) mass is 439 g/mol. The van der Waals surface area contributed by atoms with Gasteiger partial charge < -0.3 is 24.8 Å². The van der Waals surface area contributed by atoms with Crippen LogP contribution >= 0.6 is 11.3 Å². The second-order valence-electron chi connectivity index (χ2n) is 7.68. The highest BCUT2D eigenvalue weighted by molar-refractivity contribution is 7.22. The van der Waals surface area contributed by atoms with E-state index in [1.807, 2.05) is 16.7 Å². The quantitative estimate of drug-likeness (QED) is 0.401. The zero-order chi connectivity index (χ0) is 21.4. The number of nitrogens with zero attached hydrogens (tertiary/aromatic N) is 4. The predicted molar refractivity (Wildman–Crippen MR) is 117 cm³/mol. The van der Waals surface area contributed by atoms with Crippen molar-refractivity contribution >= 4 is 44.0 Å². The molecule has 0 amide bonds. The molecule has 160 valence electrons. The second-order valence-corrected chi connectivity index (χ2v) is 8.71. The summed E-state index contributed by atoms with van der Waals surface area (Å²) in [6, 6.07) is 7.73. The normalized spacial score (nSPS) is 19.0. The zero-order valence-electron chi connectivity index (χ0n) is 16.6. The topological polar surface area (TPSA) is 122 Å². The molecular formula is C21H21N5O4S. The van der Waals surface area contributed by atoms with Crippen LogP contribution in [0.5, 0.6) is 5.75 Å². The first-order valence-electron chi connectivity index (χ1n) is 10.1. The van der Waals surface area contributed by atoms with Crippen LogP contribution in [0.15, 0.2) is 36.8 Å². The van der Waals surface area contributed by atoms with Gasteiger partial charge in [-0.25, -0.2) is 19.7 Å². The van der Waals surface area contributed by atoms with Crippen LogP contribution in [0.4, 0.5) is 9.93 Å². The van der Waals surface area contributed by atoms with Crippen LogP contribution in [0.2, 0.25) is 0 Å². The van der Waals surface area contributed by atoms with Crippen LogP contribution in [-0.2, 0) is 6.54 Å². The number of fused-ring (bicyclic) bond motifs is 2. The number of hydrogen-bond donors (Lipinski definition) is 3. The van der Waals surface area contributed by atoms with E-state index >= 15 is 0 Å². The molecule has 0 radical (unpaired) electrons. The van der Waals surface area contributed by atoms with Gasteiger partial charge in [0, 0.05) is 6.07 Å². The van der Waals surface area contributed by atoms with Crippen molar-refractivity contribution in [2.45, 2.75) is 44.4 Å². The number of carbonyl (C=O) groups is 1. The van der Waals surface area contributed by atoms with E-state index in [9.17, 15) is 9.90 Å². The molecule has 1 aliphatic carbocycles. The fraction of sp³-hybridized carbons (Fsp3) is 0.333. The molecule has 4 aromatic rings. The van der Waals surface area contributed by atoms with E-state index in [0.29, 0.717) is 17.7 Å². The van der Waals surface area contributed by atoms with E-state index in [0.717, 1.165) is 46.6 Å². The number of ether oxygens (including phenoxy) is 1. The summed E-state index contributed by atoms with van der Waals surface area (Å²) in [6.45, 7) is 0.570. The molecule has 0 spiro atoms. The summed E-state index contributed by atoms with van der Waals surface area (Å²) in [5.74, 6) is 0.138. The largest absolute Gasteiger partial charge is 0.511 e. The number of rotatable bonds is 5. The van der Waals surface area contributed by atoms with Crippen molar-refractivity contribution in [3.63, 3.8) is 0 Å². The molecule has 1 saturated carbocycles. The number of anilines is 1. The van der Waals surface area contributed by atoms with Crippen LogP contribution in [-0.4, -0.2) is 48.0 Å². The number of aromatic nitrogens is 4. The van der Waals surface area contributed by atoms with Crippen molar-refractivity contribution in [2.24, 2.45) is 0 Å². The van der Waals surface area contributed by atoms with Gasteiger partial charge in [0.15, 0.2) is 16.5 Å². The lowest BCUT2D eigenvalue weighted by molar-refractivity contribution is 0.116. The Bertz CT molecular complexity index is 1250. The predicted octanol–water partition coefficient (Wildman–Crippen LogP) is 3.86. The second kappa shape index (κ2) is 8.12. The Morgan fingerprint density at radius 3 is 2.94 bits per heavy atom. The number of benzene rings is 1. The summed E-state index contributed by atoms with van der Waals surface area (Å²) in [7, 11) is 0. The summed E-state index contributed by atoms with van der Waals surface area (Å²) in [6.07, 6.45) is 5.35. The highest BCUT2D eigenvalue weighted by Gasteiger charge is 2.23. The number of carboxylic acid groups (broad SMARTS) is 1. The maximum Gasteiger partial charge on any atom is 0.511 e. The Kier molecular flexibility index (Phi) is 5.16. The van der Waals surface area contributed by atoms with Crippen molar-refractivity contribution in [1.82, 2.24) is 19.5 Å². The maximum absolute atomic E-state index is 10.7. The van der Waals surface area contributed by atoms with Gasteiger partial charge in [0.1, 0.15) is 5.52 Å². The molecule has 1 fully saturated rings. The number of pyridine rings is 1. The van der Waals surface area contributed by atoms with Crippen molar-refractivity contribution in [3.05, 3.63) is 42.4 Å². The van der Waals surface area contributed by atoms with Gasteiger partial charge in [-0.1, -0.05) is 30.2 Å². The summed E-state index contributed by atoms with van der Waals surface area (Å²) in [5, 5.41) is 23.2. The fourth-order valence-corrected chi connectivity index (χ4v) is 4.96. The number of aliphatic hydroxyl groups is 1. The van der Waals surface area contributed by atoms with Gasteiger partial charge in [0.05, 0.1) is 41.4 Å². The third kappa shape index (κ3) is 4.17. The van der Waals surface area contributed by atoms with Crippen LogP contribution in [0.25, 0.3) is 21.4 Å². The number of imidazole rings is 1. The van der Waals surface area contributed by atoms with Gasteiger partial charge in [-0.2, -0.15) is 0 Å². The molecule has 0 saturated heterocycles. The average molecular weight is 439 g/mol. The average Bonchev–Trinajstić information content (AvgIpc) is 3.32. The lowest BCUT2D eigenvalue weighted by Gasteiger charge is -2.27. The number of aliphatic hydroxyl groups excluding tert-OH is 1. The highest BCUT2D eigenvalue weighted by Crippen LogP contribution is 2.30. The van der Waals surface area contributed by atoms with Crippen LogP contribution in [0, 0.1) is 0 Å². The van der Waals surface area contributed by atoms with Gasteiger partial charge in [0.2, 0.25) is 0 Å². The van der Waals surface area contributed by atoms with Crippen molar-refractivity contribution in [1.29, 1.82) is 0 Å². The van der Waals surface area contributed by atoms with E-state index < -0.39 is 6.16 Å². The minimum atomic E-state index is -1.38. The molecule has 5 rings (SSSR count). The zero-order valence-corrected chi connectivity index (χ0v) is 17.4. The summed E-state index contributed by atoms with van der Waals surface area (Å²) < 4.78 is 7.61. The third-order valence-corrected chi connectivity index (χ3v) is 6.43. The van der Waals surface area contributed by atoms with Gasteiger partial charge in [-0.05, 0) is 30.5 Å². The Labute approximate surface area is 181 Å². The number of thiazole rings is 1. The Hall–Kier alpha value is -3.24. The lowest BCUT2D eigenvalue weighted by Crippen LogP contribution is -2.36. The number of nitrogens with one attached hydrogen (secondary N) is 1. The van der Waals surface area contributed by atoms with Crippen LogP contribution < -0.4 is 10.1 Å². The SMILES string of the molecule is O=C(O)Oc1cnc2c(c1)ncn2Cc1ccc2nc(NC3CCCCC3O)sc2c1. The van der Waals surface area contributed by atoms with Gasteiger partial charge in [-0.15, -0.1) is 0 Å². The van der Waals surface area contributed by atoms with E-state index in [2.05, 4.69) is 31.1 Å². The minimum absolute atomic E-state index is 0.0622. The van der Waals surface area contributed by atoms with E-state index in [1.165, 1.54) is 6.20 Å². The molecule has 0 aliphatic heterocycles. The first-order chi connectivity index (χ1) is 15.0. The highest BCUT2D eigenvalue weighted by atomic mass is 32.1. The summed E-state index contributed by atoms with van der Waals surface area (Å²) >= 11 is 1.59. The van der Waals surface area contributed by atoms with Crippen molar-refractivity contribution in [3.8, 4) is 5.75 Å². The van der Waals surface area contributed by atoms with Crippen LogP contribution in [0.3, 0.4) is 0 Å². The molecule has 0 bridgehead atoms. The molecule has 1 aliphatic rings. The molecule has 3 heterocycles. The molecule has 1 aromatic carbocycles.